The van der Waals surface area contributed by atoms with Crippen LogP contribution in [-0.4, -0.2) is 28.8 Å². The lowest BCUT2D eigenvalue weighted by molar-refractivity contribution is 0.0743. The molecule has 0 spiro atoms. The van der Waals surface area contributed by atoms with Crippen molar-refractivity contribution in [3.63, 3.8) is 0 Å². The van der Waals surface area contributed by atoms with Crippen molar-refractivity contribution in [2.24, 2.45) is 0 Å². The van der Waals surface area contributed by atoms with Gasteiger partial charge in [-0.15, -0.1) is 0 Å². The third-order valence-electron chi connectivity index (χ3n) is 6.14. The quantitative estimate of drug-likeness (QED) is 0.323. The van der Waals surface area contributed by atoms with Crippen LogP contribution in [0.25, 0.3) is 28.2 Å². The molecule has 0 saturated carbocycles. The van der Waals surface area contributed by atoms with Crippen LogP contribution in [0.2, 0.25) is 5.02 Å². The summed E-state index contributed by atoms with van der Waals surface area (Å²) in [5, 5.41) is 11.3. The van der Waals surface area contributed by atoms with Crippen molar-refractivity contribution in [1.29, 1.82) is 0 Å². The second-order valence-electron chi connectivity index (χ2n) is 9.24. The Balaban J connectivity index is 1.87. The third-order valence-corrected chi connectivity index (χ3v) is 8.19. The van der Waals surface area contributed by atoms with Gasteiger partial charge in [-0.05, 0) is 80.3 Å². The maximum absolute atomic E-state index is 12.4. The minimum absolute atomic E-state index is 0.0584. The highest BCUT2D eigenvalue weighted by atomic mass is 35.5. The summed E-state index contributed by atoms with van der Waals surface area (Å²) in [4.78, 5) is 5.10. The zero-order valence-electron chi connectivity index (χ0n) is 20.5. The lowest BCUT2D eigenvalue weighted by atomic mass is 10.0. The van der Waals surface area contributed by atoms with Crippen molar-refractivity contribution in [3.05, 3.63) is 88.7 Å². The predicted octanol–water partition coefficient (Wildman–Crippen LogP) is 6.50. The molecule has 5 nitrogen and oxygen atoms in total. The molecule has 0 saturated heterocycles. The van der Waals surface area contributed by atoms with Gasteiger partial charge in [-0.2, -0.15) is 0 Å². The summed E-state index contributed by atoms with van der Waals surface area (Å²) in [6.45, 7) is 9.04. The number of aliphatic hydroxyl groups is 1. The molecule has 0 fully saturated rings. The number of aromatic nitrogens is 2. The summed E-state index contributed by atoms with van der Waals surface area (Å²) < 4.78 is 26.7. The maximum atomic E-state index is 12.4. The third kappa shape index (κ3) is 4.92. The van der Waals surface area contributed by atoms with Crippen LogP contribution in [0.15, 0.2) is 71.8 Å². The second-order valence-corrected chi connectivity index (χ2v) is 11.9. The summed E-state index contributed by atoms with van der Waals surface area (Å²) in [6, 6.07) is 18.7. The van der Waals surface area contributed by atoms with Gasteiger partial charge in [0.1, 0.15) is 11.4 Å². The van der Waals surface area contributed by atoms with E-state index in [0.717, 1.165) is 33.5 Å². The number of hydrogen-bond acceptors (Lipinski definition) is 4. The molecule has 1 N–H and O–H groups in total. The Bertz CT molecular complexity index is 1500. The first-order chi connectivity index (χ1) is 16.4. The molecular formula is C28H29ClN2O3S. The molecule has 1 aromatic heterocycles. The molecule has 4 rings (SSSR count). The fraction of sp³-hybridized carbons (Fsp3) is 0.250. The van der Waals surface area contributed by atoms with Crippen molar-refractivity contribution >= 4 is 21.4 Å². The predicted molar refractivity (Wildman–Crippen MR) is 142 cm³/mol. The summed E-state index contributed by atoms with van der Waals surface area (Å²) in [6.07, 6.45) is 1.84. The molecule has 1 heterocycles. The van der Waals surface area contributed by atoms with E-state index in [4.69, 9.17) is 16.6 Å². The molecular weight excluding hydrogens is 480 g/mol. The lowest BCUT2D eigenvalue weighted by Gasteiger charge is -2.15. The Hall–Kier alpha value is -2.93. The first-order valence-electron chi connectivity index (χ1n) is 11.4. The van der Waals surface area contributed by atoms with Crippen LogP contribution in [0.5, 0.6) is 0 Å². The van der Waals surface area contributed by atoms with Crippen molar-refractivity contribution in [2.75, 3.05) is 5.75 Å². The number of rotatable bonds is 6. The standard InChI is InChI=1S/C28H29ClN2O3S/c1-6-35(33,34)22-11-8-10-20(16-22)21-13-14-24(19(3)15-21)31-17-25(28(4,5)32)30-27(31)26-18(2)9-7-12-23(26)29/h7-17,32H,6H2,1-5H3. The number of aryl methyl sites for hydroxylation is 2. The smallest absolute Gasteiger partial charge is 0.178 e. The largest absolute Gasteiger partial charge is 0.384 e. The molecule has 0 aliphatic rings. The Labute approximate surface area is 212 Å². The molecule has 0 atom stereocenters. The highest BCUT2D eigenvalue weighted by Crippen LogP contribution is 2.35. The number of imidazole rings is 1. The minimum atomic E-state index is -3.29. The van der Waals surface area contributed by atoms with Crippen LogP contribution in [0.4, 0.5) is 0 Å². The van der Waals surface area contributed by atoms with Gasteiger partial charge in [-0.25, -0.2) is 13.4 Å². The zero-order valence-corrected chi connectivity index (χ0v) is 22.1. The number of halogens is 1. The first-order valence-corrected chi connectivity index (χ1v) is 13.5. The van der Waals surface area contributed by atoms with Gasteiger partial charge >= 0.3 is 0 Å². The second kappa shape index (κ2) is 9.26. The molecule has 0 amide bonds. The van der Waals surface area contributed by atoms with Gasteiger partial charge in [-0.1, -0.05) is 48.9 Å². The molecule has 0 aliphatic carbocycles. The summed E-state index contributed by atoms with van der Waals surface area (Å²) in [5.74, 6) is 0.708. The van der Waals surface area contributed by atoms with Crippen molar-refractivity contribution in [3.8, 4) is 28.2 Å². The zero-order chi connectivity index (χ0) is 25.5. The summed E-state index contributed by atoms with van der Waals surface area (Å²) in [7, 11) is -3.29. The Kier molecular flexibility index (Phi) is 6.66. The SMILES string of the molecule is CCS(=O)(=O)c1cccc(-c2ccc(-n3cc(C(C)(C)O)nc3-c3c(C)cccc3Cl)c(C)c2)c1. The van der Waals surface area contributed by atoms with Crippen LogP contribution in [0.1, 0.15) is 37.6 Å². The van der Waals surface area contributed by atoms with Crippen LogP contribution >= 0.6 is 11.6 Å². The van der Waals surface area contributed by atoms with E-state index in [1.807, 2.05) is 67.1 Å². The van der Waals surface area contributed by atoms with E-state index >= 15 is 0 Å². The molecule has 4 aromatic rings. The van der Waals surface area contributed by atoms with Crippen molar-refractivity contribution in [1.82, 2.24) is 9.55 Å². The van der Waals surface area contributed by atoms with E-state index in [0.29, 0.717) is 21.4 Å². The molecule has 7 heteroatoms. The number of hydrogen-bond donors (Lipinski definition) is 1. The van der Waals surface area contributed by atoms with Crippen LogP contribution < -0.4 is 0 Å². The van der Waals surface area contributed by atoms with E-state index in [2.05, 4.69) is 0 Å². The lowest BCUT2D eigenvalue weighted by Crippen LogP contribution is -2.15. The Morgan fingerprint density at radius 2 is 1.66 bits per heavy atom. The Morgan fingerprint density at radius 3 is 2.29 bits per heavy atom. The van der Waals surface area contributed by atoms with Gasteiger partial charge in [-0.3, -0.25) is 4.57 Å². The first kappa shape index (κ1) is 25.2. The minimum Gasteiger partial charge on any atom is -0.384 e. The van der Waals surface area contributed by atoms with Crippen molar-refractivity contribution < 1.29 is 13.5 Å². The van der Waals surface area contributed by atoms with Gasteiger partial charge < -0.3 is 5.11 Å². The number of benzene rings is 3. The van der Waals surface area contributed by atoms with E-state index in [-0.39, 0.29) is 5.75 Å². The van der Waals surface area contributed by atoms with Gasteiger partial charge in [0.05, 0.1) is 27.1 Å². The average Bonchev–Trinajstić information content (AvgIpc) is 3.24. The van der Waals surface area contributed by atoms with Crippen LogP contribution in [0.3, 0.4) is 0 Å². The van der Waals surface area contributed by atoms with Gasteiger partial charge in [0, 0.05) is 11.8 Å². The number of sulfone groups is 1. The maximum Gasteiger partial charge on any atom is 0.178 e. The summed E-state index contributed by atoms with van der Waals surface area (Å²) >= 11 is 6.59. The number of nitrogens with zero attached hydrogens (tertiary/aromatic N) is 2. The fourth-order valence-electron chi connectivity index (χ4n) is 4.09. The summed E-state index contributed by atoms with van der Waals surface area (Å²) in [5.41, 5.74) is 4.80. The van der Waals surface area contributed by atoms with Gasteiger partial charge in [0.25, 0.3) is 0 Å². The average molecular weight is 509 g/mol. The molecule has 3 aromatic carbocycles. The molecule has 0 bridgehead atoms. The highest BCUT2D eigenvalue weighted by Gasteiger charge is 2.25. The van der Waals surface area contributed by atoms with E-state index in [9.17, 15) is 13.5 Å². The van der Waals surface area contributed by atoms with E-state index in [1.165, 1.54) is 0 Å². The molecule has 35 heavy (non-hydrogen) atoms. The molecule has 0 radical (unpaired) electrons. The van der Waals surface area contributed by atoms with E-state index < -0.39 is 15.4 Å². The topological polar surface area (TPSA) is 72.2 Å². The van der Waals surface area contributed by atoms with Crippen LogP contribution in [-0.2, 0) is 15.4 Å². The normalized spacial score (nSPS) is 12.2. The monoisotopic (exact) mass is 508 g/mol. The molecule has 0 aliphatic heterocycles. The Morgan fingerprint density at radius 1 is 0.971 bits per heavy atom. The molecule has 0 unspecified atom stereocenters. The van der Waals surface area contributed by atoms with Gasteiger partial charge in [0.15, 0.2) is 9.84 Å². The fourth-order valence-corrected chi connectivity index (χ4v) is 5.32. The highest BCUT2D eigenvalue weighted by molar-refractivity contribution is 7.91. The van der Waals surface area contributed by atoms with Crippen molar-refractivity contribution in [2.45, 2.75) is 45.1 Å². The molecule has 182 valence electrons. The van der Waals surface area contributed by atoms with Crippen LogP contribution in [0, 0.1) is 13.8 Å². The van der Waals surface area contributed by atoms with E-state index in [1.54, 1.807) is 39.0 Å². The van der Waals surface area contributed by atoms with Gasteiger partial charge in [0.2, 0.25) is 0 Å².